The Bertz CT molecular complexity index is 716. The molecule has 0 aliphatic carbocycles. The highest BCUT2D eigenvalue weighted by molar-refractivity contribution is 5.80. The summed E-state index contributed by atoms with van der Waals surface area (Å²) < 4.78 is 11.8. The van der Waals surface area contributed by atoms with Crippen LogP contribution in [0.4, 0.5) is 0 Å². The molecule has 0 fully saturated rings. The van der Waals surface area contributed by atoms with Gasteiger partial charge >= 0.3 is 0 Å². The summed E-state index contributed by atoms with van der Waals surface area (Å²) in [5.74, 6) is 0.448. The Morgan fingerprint density at radius 3 is 2.46 bits per heavy atom. The van der Waals surface area contributed by atoms with Gasteiger partial charge in [0.05, 0.1) is 0 Å². The van der Waals surface area contributed by atoms with Gasteiger partial charge in [0.2, 0.25) is 0 Å². The van der Waals surface area contributed by atoms with E-state index < -0.39 is 6.29 Å². The van der Waals surface area contributed by atoms with E-state index in [9.17, 15) is 4.79 Å². The number of amides is 1. The van der Waals surface area contributed by atoms with Crippen molar-refractivity contribution < 1.29 is 14.3 Å². The van der Waals surface area contributed by atoms with Crippen molar-refractivity contribution in [2.45, 2.75) is 26.2 Å². The number of rotatable bonds is 7. The zero-order valence-corrected chi connectivity index (χ0v) is 15.4. The molecule has 5 heteroatoms. The Morgan fingerprint density at radius 1 is 1.04 bits per heavy atom. The maximum atomic E-state index is 12.6. The number of nitrogens with zero attached hydrogens (tertiary/aromatic N) is 1. The quantitative estimate of drug-likeness (QED) is 0.831. The van der Waals surface area contributed by atoms with Crippen LogP contribution >= 0.6 is 0 Å². The summed E-state index contributed by atoms with van der Waals surface area (Å²) in [6.07, 6.45) is -1.27. The Balaban J connectivity index is 1.71. The molecule has 1 aliphatic rings. The van der Waals surface area contributed by atoms with Crippen molar-refractivity contribution in [1.29, 1.82) is 0 Å². The van der Waals surface area contributed by atoms with Crippen LogP contribution in [0.2, 0.25) is 0 Å². The van der Waals surface area contributed by atoms with Gasteiger partial charge in [-0.1, -0.05) is 62.4 Å². The van der Waals surface area contributed by atoms with E-state index >= 15 is 0 Å². The number of ether oxygens (including phenoxy) is 2. The summed E-state index contributed by atoms with van der Waals surface area (Å²) in [7, 11) is 0. The van der Waals surface area contributed by atoms with Crippen molar-refractivity contribution in [1.82, 2.24) is 10.2 Å². The highest BCUT2D eigenvalue weighted by Gasteiger charge is 2.33. The Hall–Kier alpha value is -2.37. The second-order valence-corrected chi connectivity index (χ2v) is 6.23. The maximum absolute atomic E-state index is 12.6. The first kappa shape index (κ1) is 18.4. The zero-order valence-electron chi connectivity index (χ0n) is 15.4. The average Bonchev–Trinajstić information content (AvgIpc) is 2.71. The molecule has 0 spiro atoms. The molecular formula is C21H26N2O3. The molecule has 1 heterocycles. The molecule has 0 unspecified atom stereocenters. The lowest BCUT2D eigenvalue weighted by Gasteiger charge is -2.32. The molecule has 1 N–H and O–H groups in total. The van der Waals surface area contributed by atoms with E-state index in [0.29, 0.717) is 12.3 Å². The summed E-state index contributed by atoms with van der Waals surface area (Å²) in [5.41, 5.74) is 1.94. The van der Waals surface area contributed by atoms with Gasteiger partial charge < -0.3 is 19.7 Å². The van der Waals surface area contributed by atoms with Crippen LogP contribution in [-0.4, -0.2) is 43.3 Å². The third-order valence-electron chi connectivity index (χ3n) is 4.63. The minimum atomic E-state index is -0.952. The van der Waals surface area contributed by atoms with Gasteiger partial charge in [-0.2, -0.15) is 0 Å². The fourth-order valence-corrected chi connectivity index (χ4v) is 3.11. The van der Waals surface area contributed by atoms with Crippen molar-refractivity contribution in [3.63, 3.8) is 0 Å². The first-order valence-electron chi connectivity index (χ1n) is 9.19. The van der Waals surface area contributed by atoms with Crippen LogP contribution in [0.25, 0.3) is 0 Å². The number of carbonyl (C=O) groups excluding carboxylic acids is 1. The predicted molar refractivity (Wildman–Crippen MR) is 101 cm³/mol. The molecule has 5 nitrogen and oxygen atoms in total. The van der Waals surface area contributed by atoms with Crippen LogP contribution in [-0.2, 0) is 9.53 Å². The number of hydrogen-bond donors (Lipinski definition) is 1. The van der Waals surface area contributed by atoms with Gasteiger partial charge in [-0.15, -0.1) is 0 Å². The number of benzene rings is 2. The van der Waals surface area contributed by atoms with E-state index in [-0.39, 0.29) is 12.0 Å². The first-order valence-corrected chi connectivity index (χ1v) is 9.19. The van der Waals surface area contributed by atoms with Crippen LogP contribution in [0.5, 0.6) is 5.75 Å². The summed E-state index contributed by atoms with van der Waals surface area (Å²) >= 11 is 0. The molecule has 1 aliphatic heterocycles. The van der Waals surface area contributed by atoms with Crippen molar-refractivity contribution >= 4 is 5.91 Å². The SMILES string of the molecule is CCN(CC)CCNC(=O)[C@H]1Oc2ccccc2[C@@H](c2ccccc2)O1. The lowest BCUT2D eigenvalue weighted by atomic mass is 9.99. The lowest BCUT2D eigenvalue weighted by Crippen LogP contribution is -2.45. The third kappa shape index (κ3) is 4.23. The molecule has 0 saturated carbocycles. The smallest absolute Gasteiger partial charge is 0.289 e. The molecule has 3 rings (SSSR count). The summed E-state index contributed by atoms with van der Waals surface area (Å²) in [5, 5.41) is 2.92. The molecule has 1 amide bonds. The highest BCUT2D eigenvalue weighted by atomic mass is 16.7. The Morgan fingerprint density at radius 2 is 1.73 bits per heavy atom. The first-order chi connectivity index (χ1) is 12.7. The molecule has 2 aromatic rings. The minimum absolute atomic E-state index is 0.243. The molecule has 2 aromatic carbocycles. The van der Waals surface area contributed by atoms with Gasteiger partial charge in [0.15, 0.2) is 0 Å². The van der Waals surface area contributed by atoms with Gasteiger partial charge in [-0.05, 0) is 24.7 Å². The highest BCUT2D eigenvalue weighted by Crippen LogP contribution is 2.38. The molecule has 0 aromatic heterocycles. The van der Waals surface area contributed by atoms with Gasteiger partial charge in [0, 0.05) is 18.7 Å². The van der Waals surface area contributed by atoms with Crippen molar-refractivity contribution in [2.24, 2.45) is 0 Å². The number of nitrogens with one attached hydrogen (secondary N) is 1. The van der Waals surface area contributed by atoms with E-state index in [1.54, 1.807) is 0 Å². The number of likely N-dealkylation sites (N-methyl/N-ethyl adjacent to an activating group) is 1. The Labute approximate surface area is 154 Å². The van der Waals surface area contributed by atoms with E-state index in [1.165, 1.54) is 0 Å². The molecule has 2 atom stereocenters. The number of hydrogen-bond acceptors (Lipinski definition) is 4. The number of fused-ring (bicyclic) bond motifs is 1. The molecule has 138 valence electrons. The molecule has 0 saturated heterocycles. The number of para-hydroxylation sites is 1. The lowest BCUT2D eigenvalue weighted by molar-refractivity contribution is -0.166. The minimum Gasteiger partial charge on any atom is -0.455 e. The van der Waals surface area contributed by atoms with E-state index in [4.69, 9.17) is 9.47 Å². The Kier molecular flexibility index (Phi) is 6.26. The summed E-state index contributed by atoms with van der Waals surface area (Å²) in [6.45, 7) is 7.53. The monoisotopic (exact) mass is 354 g/mol. The molecular weight excluding hydrogens is 328 g/mol. The summed E-state index contributed by atoms with van der Waals surface area (Å²) in [6, 6.07) is 17.6. The average molecular weight is 354 g/mol. The molecule has 0 bridgehead atoms. The second kappa shape index (κ2) is 8.83. The van der Waals surface area contributed by atoms with Crippen LogP contribution in [0, 0.1) is 0 Å². The van der Waals surface area contributed by atoms with Gasteiger partial charge in [-0.25, -0.2) is 0 Å². The molecule has 0 radical (unpaired) electrons. The van der Waals surface area contributed by atoms with Gasteiger partial charge in [-0.3, -0.25) is 4.79 Å². The van der Waals surface area contributed by atoms with Crippen LogP contribution in [0.1, 0.15) is 31.1 Å². The second-order valence-electron chi connectivity index (χ2n) is 6.23. The topological polar surface area (TPSA) is 50.8 Å². The third-order valence-corrected chi connectivity index (χ3v) is 4.63. The fourth-order valence-electron chi connectivity index (χ4n) is 3.11. The zero-order chi connectivity index (χ0) is 18.4. The van der Waals surface area contributed by atoms with E-state index in [2.05, 4.69) is 24.1 Å². The largest absolute Gasteiger partial charge is 0.455 e. The fraction of sp³-hybridized carbons (Fsp3) is 0.381. The van der Waals surface area contributed by atoms with Gasteiger partial charge in [0.1, 0.15) is 11.9 Å². The van der Waals surface area contributed by atoms with Crippen molar-refractivity contribution in [3.05, 3.63) is 65.7 Å². The van der Waals surface area contributed by atoms with Gasteiger partial charge in [0.25, 0.3) is 12.2 Å². The van der Waals surface area contributed by atoms with Crippen molar-refractivity contribution in [3.8, 4) is 5.75 Å². The standard InChI is InChI=1S/C21H26N2O3/c1-3-23(4-2)15-14-22-20(24)21-25-18-13-9-8-12-17(18)19(26-21)16-10-6-5-7-11-16/h5-13,19,21H,3-4,14-15H2,1-2H3,(H,22,24)/t19-,21+/m1/s1. The van der Waals surface area contributed by atoms with Crippen LogP contribution in [0.3, 0.4) is 0 Å². The van der Waals surface area contributed by atoms with Crippen LogP contribution in [0.15, 0.2) is 54.6 Å². The van der Waals surface area contributed by atoms with Crippen molar-refractivity contribution in [2.75, 3.05) is 26.2 Å². The van der Waals surface area contributed by atoms with E-state index in [0.717, 1.165) is 30.8 Å². The summed E-state index contributed by atoms with van der Waals surface area (Å²) in [4.78, 5) is 14.8. The normalized spacial score (nSPS) is 18.9. The predicted octanol–water partition coefficient (Wildman–Crippen LogP) is 2.97. The van der Waals surface area contributed by atoms with Crippen LogP contribution < -0.4 is 10.1 Å². The number of carbonyl (C=O) groups is 1. The maximum Gasteiger partial charge on any atom is 0.289 e. The van der Waals surface area contributed by atoms with E-state index in [1.807, 2.05) is 54.6 Å². The molecule has 26 heavy (non-hydrogen) atoms.